The number of hydrogen-bond acceptors (Lipinski definition) is 3. The molecule has 1 heterocycles. The van der Waals surface area contributed by atoms with Crippen LogP contribution in [0, 0.1) is 6.92 Å². The van der Waals surface area contributed by atoms with Crippen LogP contribution in [0.5, 0.6) is 0 Å². The van der Waals surface area contributed by atoms with Crippen LogP contribution in [0.1, 0.15) is 17.0 Å². The monoisotopic (exact) mass is 244 g/mol. The number of hydrazine groups is 1. The molecule has 2 aromatic rings. The van der Waals surface area contributed by atoms with Crippen molar-refractivity contribution in [2.24, 2.45) is 12.9 Å². The number of aromatic nitrogens is 2. The van der Waals surface area contributed by atoms with E-state index in [1.807, 2.05) is 24.7 Å². The topological polar surface area (TPSA) is 55.9 Å². The number of hydrogen-bond donors (Lipinski definition) is 2. The predicted molar refractivity (Wildman–Crippen MR) is 72.9 cm³/mol. The van der Waals surface area contributed by atoms with Crippen LogP contribution in [-0.2, 0) is 19.9 Å². The first-order chi connectivity index (χ1) is 8.69. The highest BCUT2D eigenvalue weighted by atomic mass is 15.3. The van der Waals surface area contributed by atoms with Gasteiger partial charge in [0.1, 0.15) is 0 Å². The molecule has 0 saturated heterocycles. The molecule has 18 heavy (non-hydrogen) atoms. The van der Waals surface area contributed by atoms with E-state index in [-0.39, 0.29) is 6.04 Å². The Balaban J connectivity index is 2.04. The van der Waals surface area contributed by atoms with E-state index in [4.69, 9.17) is 5.84 Å². The molecule has 3 N–H and O–H groups in total. The predicted octanol–water partition coefficient (Wildman–Crippen LogP) is 1.35. The zero-order valence-corrected chi connectivity index (χ0v) is 10.9. The van der Waals surface area contributed by atoms with Gasteiger partial charge in [0.05, 0.1) is 5.69 Å². The summed E-state index contributed by atoms with van der Waals surface area (Å²) in [6.07, 6.45) is 1.80. The lowest BCUT2D eigenvalue weighted by atomic mass is 10.0. The van der Waals surface area contributed by atoms with Crippen LogP contribution in [0.2, 0.25) is 0 Å². The highest BCUT2D eigenvalue weighted by molar-refractivity contribution is 5.17. The molecule has 0 spiro atoms. The summed E-state index contributed by atoms with van der Waals surface area (Å²) in [4.78, 5) is 0. The number of rotatable bonds is 5. The summed E-state index contributed by atoms with van der Waals surface area (Å²) in [7, 11) is 1.97. The number of nitrogens with one attached hydrogen (secondary N) is 1. The average Bonchev–Trinajstić information content (AvgIpc) is 2.68. The minimum absolute atomic E-state index is 0.224. The molecule has 0 radical (unpaired) electrons. The SMILES string of the molecule is Cc1cc(CC(Cc2ccccc2)NN)n(C)n1. The first kappa shape index (κ1) is 12.8. The van der Waals surface area contributed by atoms with Crippen LogP contribution < -0.4 is 11.3 Å². The molecule has 1 atom stereocenters. The quantitative estimate of drug-likeness (QED) is 0.616. The Bertz CT molecular complexity index is 490. The molecular formula is C14H20N4. The zero-order valence-electron chi connectivity index (χ0n) is 10.9. The van der Waals surface area contributed by atoms with Gasteiger partial charge in [0.2, 0.25) is 0 Å². The normalized spacial score (nSPS) is 12.6. The van der Waals surface area contributed by atoms with Gasteiger partial charge in [0.15, 0.2) is 0 Å². The molecule has 0 aliphatic carbocycles. The van der Waals surface area contributed by atoms with Crippen LogP contribution in [0.15, 0.2) is 36.4 Å². The van der Waals surface area contributed by atoms with Crippen LogP contribution in [0.25, 0.3) is 0 Å². The van der Waals surface area contributed by atoms with Crippen molar-refractivity contribution in [2.45, 2.75) is 25.8 Å². The molecule has 2 rings (SSSR count). The highest BCUT2D eigenvalue weighted by Gasteiger charge is 2.11. The van der Waals surface area contributed by atoms with Crippen molar-refractivity contribution >= 4 is 0 Å². The second-order valence-corrected chi connectivity index (χ2v) is 4.66. The van der Waals surface area contributed by atoms with E-state index in [2.05, 4.69) is 40.9 Å². The van der Waals surface area contributed by atoms with Crippen molar-refractivity contribution in [1.29, 1.82) is 0 Å². The summed E-state index contributed by atoms with van der Waals surface area (Å²) in [5.41, 5.74) is 6.43. The molecule has 4 nitrogen and oxygen atoms in total. The van der Waals surface area contributed by atoms with Gasteiger partial charge in [-0.25, -0.2) is 0 Å². The third-order valence-corrected chi connectivity index (χ3v) is 3.12. The van der Waals surface area contributed by atoms with Crippen molar-refractivity contribution in [3.63, 3.8) is 0 Å². The van der Waals surface area contributed by atoms with Crippen LogP contribution in [0.4, 0.5) is 0 Å². The molecule has 1 unspecified atom stereocenters. The molecule has 0 aliphatic heterocycles. The van der Waals surface area contributed by atoms with Crippen molar-refractivity contribution in [2.75, 3.05) is 0 Å². The Morgan fingerprint density at radius 2 is 2.00 bits per heavy atom. The second kappa shape index (κ2) is 5.80. The van der Waals surface area contributed by atoms with Crippen LogP contribution in [-0.4, -0.2) is 15.8 Å². The summed E-state index contributed by atoms with van der Waals surface area (Å²) in [6.45, 7) is 2.01. The van der Waals surface area contributed by atoms with Crippen molar-refractivity contribution in [3.05, 3.63) is 53.3 Å². The van der Waals surface area contributed by atoms with Crippen molar-refractivity contribution in [1.82, 2.24) is 15.2 Å². The van der Waals surface area contributed by atoms with Gasteiger partial charge < -0.3 is 0 Å². The van der Waals surface area contributed by atoms with E-state index in [9.17, 15) is 0 Å². The molecule has 1 aromatic carbocycles. The van der Waals surface area contributed by atoms with Gasteiger partial charge in [-0.3, -0.25) is 16.0 Å². The first-order valence-corrected chi connectivity index (χ1v) is 6.18. The maximum Gasteiger partial charge on any atom is 0.0596 e. The fourth-order valence-corrected chi connectivity index (χ4v) is 2.20. The number of aryl methyl sites for hydroxylation is 2. The first-order valence-electron chi connectivity index (χ1n) is 6.18. The standard InChI is InChI=1S/C14H20N4/c1-11-8-14(18(2)17-11)10-13(16-15)9-12-6-4-3-5-7-12/h3-8,13,16H,9-10,15H2,1-2H3. The largest absolute Gasteiger partial charge is 0.272 e. The fourth-order valence-electron chi connectivity index (χ4n) is 2.20. The Morgan fingerprint density at radius 3 is 2.56 bits per heavy atom. The second-order valence-electron chi connectivity index (χ2n) is 4.66. The van der Waals surface area contributed by atoms with Crippen molar-refractivity contribution in [3.8, 4) is 0 Å². The fraction of sp³-hybridized carbons (Fsp3) is 0.357. The molecule has 0 saturated carbocycles. The van der Waals surface area contributed by atoms with E-state index < -0.39 is 0 Å². The summed E-state index contributed by atoms with van der Waals surface area (Å²) in [5.74, 6) is 5.65. The van der Waals surface area contributed by atoms with Gasteiger partial charge >= 0.3 is 0 Å². The Labute approximate surface area is 108 Å². The lowest BCUT2D eigenvalue weighted by Gasteiger charge is -2.15. The Kier molecular flexibility index (Phi) is 4.12. The summed E-state index contributed by atoms with van der Waals surface area (Å²) in [5, 5.41) is 4.35. The number of nitrogens with zero attached hydrogens (tertiary/aromatic N) is 2. The molecule has 96 valence electrons. The minimum atomic E-state index is 0.224. The number of nitrogens with two attached hydrogens (primary N) is 1. The minimum Gasteiger partial charge on any atom is -0.272 e. The van der Waals surface area contributed by atoms with Gasteiger partial charge in [-0.15, -0.1) is 0 Å². The summed E-state index contributed by atoms with van der Waals surface area (Å²) in [6, 6.07) is 12.7. The van der Waals surface area contributed by atoms with E-state index in [0.29, 0.717) is 0 Å². The molecule has 0 amide bonds. The van der Waals surface area contributed by atoms with Gasteiger partial charge in [-0.2, -0.15) is 5.10 Å². The lowest BCUT2D eigenvalue weighted by Crippen LogP contribution is -2.38. The van der Waals surface area contributed by atoms with Gasteiger partial charge in [0.25, 0.3) is 0 Å². The smallest absolute Gasteiger partial charge is 0.0596 e. The summed E-state index contributed by atoms with van der Waals surface area (Å²) < 4.78 is 1.92. The Morgan fingerprint density at radius 1 is 1.28 bits per heavy atom. The maximum absolute atomic E-state index is 5.65. The molecule has 0 fully saturated rings. The number of benzene rings is 1. The zero-order chi connectivity index (χ0) is 13.0. The Hall–Kier alpha value is -1.65. The van der Waals surface area contributed by atoms with Gasteiger partial charge in [0, 0.05) is 25.2 Å². The maximum atomic E-state index is 5.65. The van der Waals surface area contributed by atoms with Crippen LogP contribution in [0.3, 0.4) is 0 Å². The van der Waals surface area contributed by atoms with E-state index in [0.717, 1.165) is 18.5 Å². The molecule has 0 bridgehead atoms. The summed E-state index contributed by atoms with van der Waals surface area (Å²) >= 11 is 0. The average molecular weight is 244 g/mol. The van der Waals surface area contributed by atoms with E-state index in [1.165, 1.54) is 11.3 Å². The van der Waals surface area contributed by atoms with E-state index >= 15 is 0 Å². The molecule has 1 aromatic heterocycles. The van der Waals surface area contributed by atoms with Crippen molar-refractivity contribution < 1.29 is 0 Å². The van der Waals surface area contributed by atoms with Gasteiger partial charge in [-0.1, -0.05) is 30.3 Å². The van der Waals surface area contributed by atoms with Gasteiger partial charge in [-0.05, 0) is 25.0 Å². The van der Waals surface area contributed by atoms with E-state index in [1.54, 1.807) is 0 Å². The molecular weight excluding hydrogens is 224 g/mol. The molecule has 0 aliphatic rings. The van der Waals surface area contributed by atoms with Crippen LogP contribution >= 0.6 is 0 Å². The third kappa shape index (κ3) is 3.18. The molecule has 4 heteroatoms. The lowest BCUT2D eigenvalue weighted by molar-refractivity contribution is 0.505. The highest BCUT2D eigenvalue weighted by Crippen LogP contribution is 2.09. The third-order valence-electron chi connectivity index (χ3n) is 3.12.